The van der Waals surface area contributed by atoms with Gasteiger partial charge in [0, 0.05) is 24.6 Å². The molecule has 1 saturated heterocycles. The SMILES string of the molecule is CCc1noc([C@@H](C)N2CCC[C@@H](c3cc(C(N)=O)n[nH]3)C2)n1. The predicted octanol–water partition coefficient (Wildman–Crippen LogP) is 1.39. The number of nitrogens with zero attached hydrogens (tertiary/aromatic N) is 4. The van der Waals surface area contributed by atoms with Gasteiger partial charge in [-0.15, -0.1) is 0 Å². The number of aromatic nitrogens is 4. The van der Waals surface area contributed by atoms with Crippen LogP contribution in [-0.2, 0) is 6.42 Å². The third kappa shape index (κ3) is 3.26. The molecule has 124 valence electrons. The minimum atomic E-state index is -0.508. The van der Waals surface area contributed by atoms with Gasteiger partial charge in [-0.2, -0.15) is 10.1 Å². The first-order valence-corrected chi connectivity index (χ1v) is 8.00. The summed E-state index contributed by atoms with van der Waals surface area (Å²) in [5.74, 6) is 1.18. The van der Waals surface area contributed by atoms with Crippen LogP contribution in [-0.4, -0.2) is 44.2 Å². The molecule has 8 heteroatoms. The van der Waals surface area contributed by atoms with Gasteiger partial charge < -0.3 is 10.3 Å². The van der Waals surface area contributed by atoms with E-state index >= 15 is 0 Å². The molecule has 0 aliphatic carbocycles. The number of nitrogens with one attached hydrogen (secondary N) is 1. The Bertz CT molecular complexity index is 679. The number of amides is 1. The van der Waals surface area contributed by atoms with Crippen molar-refractivity contribution in [2.75, 3.05) is 13.1 Å². The molecule has 3 rings (SSSR count). The van der Waals surface area contributed by atoms with Gasteiger partial charge in [0.25, 0.3) is 5.91 Å². The van der Waals surface area contributed by atoms with Crippen LogP contribution >= 0.6 is 0 Å². The second kappa shape index (κ2) is 6.49. The molecule has 1 fully saturated rings. The first kappa shape index (κ1) is 15.7. The largest absolute Gasteiger partial charge is 0.364 e. The zero-order valence-electron chi connectivity index (χ0n) is 13.5. The maximum atomic E-state index is 11.2. The smallest absolute Gasteiger partial charge is 0.269 e. The van der Waals surface area contributed by atoms with Crippen LogP contribution in [0.3, 0.4) is 0 Å². The molecule has 1 aliphatic heterocycles. The third-order valence-electron chi connectivity index (χ3n) is 4.45. The fourth-order valence-corrected chi connectivity index (χ4v) is 3.02. The first-order valence-electron chi connectivity index (χ1n) is 8.00. The number of carbonyl (C=O) groups is 1. The Hall–Kier alpha value is -2.22. The Morgan fingerprint density at radius 3 is 3.09 bits per heavy atom. The molecule has 0 bridgehead atoms. The summed E-state index contributed by atoms with van der Waals surface area (Å²) in [5.41, 5.74) is 6.51. The standard InChI is InChI=1S/C15H22N6O2/c1-3-13-17-15(23-20-13)9(2)21-6-4-5-10(8-21)11-7-12(14(16)22)19-18-11/h7,9-10H,3-6,8H2,1-2H3,(H2,16,22)(H,18,19)/t9-,10-/m1/s1. The van der Waals surface area contributed by atoms with Crippen molar-refractivity contribution in [3.8, 4) is 0 Å². The van der Waals surface area contributed by atoms with Crippen LogP contribution in [0, 0.1) is 0 Å². The monoisotopic (exact) mass is 318 g/mol. The first-order chi connectivity index (χ1) is 11.1. The Morgan fingerprint density at radius 1 is 1.61 bits per heavy atom. The second-order valence-electron chi connectivity index (χ2n) is 5.99. The molecule has 2 aromatic rings. The van der Waals surface area contributed by atoms with Gasteiger partial charge in [0.2, 0.25) is 5.89 Å². The average Bonchev–Trinajstić information content (AvgIpc) is 3.23. The van der Waals surface area contributed by atoms with E-state index in [-0.39, 0.29) is 11.7 Å². The fraction of sp³-hybridized carbons (Fsp3) is 0.600. The van der Waals surface area contributed by atoms with Crippen molar-refractivity contribution in [2.45, 2.75) is 45.1 Å². The predicted molar refractivity (Wildman–Crippen MR) is 82.7 cm³/mol. The summed E-state index contributed by atoms with van der Waals surface area (Å²) in [5, 5.41) is 10.9. The van der Waals surface area contributed by atoms with Crippen LogP contribution in [0.4, 0.5) is 0 Å². The normalized spacial score (nSPS) is 20.5. The Kier molecular flexibility index (Phi) is 4.42. The van der Waals surface area contributed by atoms with E-state index in [1.54, 1.807) is 6.07 Å². The molecular formula is C15H22N6O2. The van der Waals surface area contributed by atoms with Gasteiger partial charge in [-0.05, 0) is 32.4 Å². The van der Waals surface area contributed by atoms with E-state index in [2.05, 4.69) is 32.2 Å². The van der Waals surface area contributed by atoms with E-state index in [9.17, 15) is 4.79 Å². The molecule has 8 nitrogen and oxygen atoms in total. The van der Waals surface area contributed by atoms with Gasteiger partial charge in [0.1, 0.15) is 5.69 Å². The highest BCUT2D eigenvalue weighted by Crippen LogP contribution is 2.30. The second-order valence-corrected chi connectivity index (χ2v) is 5.99. The summed E-state index contributed by atoms with van der Waals surface area (Å²) in [6, 6.07) is 1.83. The Labute approximate surface area is 134 Å². The maximum absolute atomic E-state index is 11.2. The van der Waals surface area contributed by atoms with Crippen LogP contribution < -0.4 is 5.73 Å². The summed E-state index contributed by atoms with van der Waals surface area (Å²) in [6.07, 6.45) is 2.88. The quantitative estimate of drug-likeness (QED) is 0.861. The zero-order chi connectivity index (χ0) is 16.4. The highest BCUT2D eigenvalue weighted by molar-refractivity contribution is 5.90. The number of rotatable bonds is 5. The molecule has 3 heterocycles. The molecule has 0 radical (unpaired) electrons. The third-order valence-corrected chi connectivity index (χ3v) is 4.45. The van der Waals surface area contributed by atoms with Crippen LogP contribution in [0.15, 0.2) is 10.6 Å². The van der Waals surface area contributed by atoms with Crippen LogP contribution in [0.25, 0.3) is 0 Å². The number of piperidine rings is 1. The van der Waals surface area contributed by atoms with E-state index < -0.39 is 5.91 Å². The lowest BCUT2D eigenvalue weighted by molar-refractivity contribution is 0.0995. The fourth-order valence-electron chi connectivity index (χ4n) is 3.02. The summed E-state index contributed by atoms with van der Waals surface area (Å²) in [6.45, 7) is 5.92. The topological polar surface area (TPSA) is 114 Å². The van der Waals surface area contributed by atoms with Crippen molar-refractivity contribution in [3.05, 3.63) is 29.2 Å². The van der Waals surface area contributed by atoms with Crippen molar-refractivity contribution >= 4 is 5.91 Å². The van der Waals surface area contributed by atoms with Crippen LogP contribution in [0.1, 0.15) is 66.5 Å². The Balaban J connectivity index is 1.70. The minimum absolute atomic E-state index is 0.0733. The molecule has 0 spiro atoms. The highest BCUT2D eigenvalue weighted by atomic mass is 16.5. The molecule has 2 atom stereocenters. The Morgan fingerprint density at radius 2 is 2.43 bits per heavy atom. The van der Waals surface area contributed by atoms with Gasteiger partial charge in [-0.1, -0.05) is 12.1 Å². The molecular weight excluding hydrogens is 296 g/mol. The molecule has 1 aliphatic rings. The van der Waals surface area contributed by atoms with Crippen molar-refractivity contribution in [3.63, 3.8) is 0 Å². The van der Waals surface area contributed by atoms with E-state index in [0.29, 0.717) is 11.8 Å². The van der Waals surface area contributed by atoms with Crippen molar-refractivity contribution in [2.24, 2.45) is 5.73 Å². The van der Waals surface area contributed by atoms with Crippen molar-refractivity contribution < 1.29 is 9.32 Å². The van der Waals surface area contributed by atoms with E-state index in [1.165, 1.54) is 0 Å². The minimum Gasteiger partial charge on any atom is -0.364 e. The molecule has 0 saturated carbocycles. The average molecular weight is 318 g/mol. The molecule has 0 unspecified atom stereocenters. The molecule has 0 aromatic carbocycles. The zero-order valence-corrected chi connectivity index (χ0v) is 13.5. The van der Waals surface area contributed by atoms with Gasteiger partial charge >= 0.3 is 0 Å². The van der Waals surface area contributed by atoms with E-state index in [4.69, 9.17) is 10.3 Å². The van der Waals surface area contributed by atoms with Crippen LogP contribution in [0.5, 0.6) is 0 Å². The maximum Gasteiger partial charge on any atom is 0.269 e. The summed E-state index contributed by atoms with van der Waals surface area (Å²) >= 11 is 0. The summed E-state index contributed by atoms with van der Waals surface area (Å²) in [4.78, 5) is 17.9. The lowest BCUT2D eigenvalue weighted by Crippen LogP contribution is -2.36. The van der Waals surface area contributed by atoms with Crippen molar-refractivity contribution in [1.82, 2.24) is 25.2 Å². The molecule has 1 amide bonds. The number of hydrogen-bond donors (Lipinski definition) is 2. The molecule has 2 aromatic heterocycles. The summed E-state index contributed by atoms with van der Waals surface area (Å²) in [7, 11) is 0. The van der Waals surface area contributed by atoms with Gasteiger partial charge in [-0.25, -0.2) is 0 Å². The highest BCUT2D eigenvalue weighted by Gasteiger charge is 2.29. The number of H-pyrrole nitrogens is 1. The number of nitrogens with two attached hydrogens (primary N) is 1. The van der Waals surface area contributed by atoms with E-state index in [1.807, 2.05) is 6.92 Å². The number of carbonyl (C=O) groups excluding carboxylic acids is 1. The van der Waals surface area contributed by atoms with Gasteiger partial charge in [0.05, 0.1) is 6.04 Å². The lowest BCUT2D eigenvalue weighted by atomic mass is 9.93. The van der Waals surface area contributed by atoms with Gasteiger partial charge in [-0.3, -0.25) is 14.8 Å². The number of likely N-dealkylation sites (tertiary alicyclic amines) is 1. The molecule has 3 N–H and O–H groups in total. The van der Waals surface area contributed by atoms with E-state index in [0.717, 1.165) is 43.9 Å². The lowest BCUT2D eigenvalue weighted by Gasteiger charge is -2.34. The summed E-state index contributed by atoms with van der Waals surface area (Å²) < 4.78 is 5.36. The van der Waals surface area contributed by atoms with Crippen molar-refractivity contribution in [1.29, 1.82) is 0 Å². The number of hydrogen-bond acceptors (Lipinski definition) is 6. The van der Waals surface area contributed by atoms with Gasteiger partial charge in [0.15, 0.2) is 5.82 Å². The van der Waals surface area contributed by atoms with Crippen LogP contribution in [0.2, 0.25) is 0 Å². The number of aromatic amines is 1. The number of aryl methyl sites for hydroxylation is 1. The molecule has 23 heavy (non-hydrogen) atoms. The number of primary amides is 1.